The number of rotatable bonds is 4. The number of carbonyl (C=O) groups is 1. The second kappa shape index (κ2) is 6.71. The molecule has 0 saturated carbocycles. The van der Waals surface area contributed by atoms with Gasteiger partial charge in [-0.25, -0.2) is 4.79 Å². The number of hydrogen-bond donors (Lipinski definition) is 0. The fourth-order valence-electron chi connectivity index (χ4n) is 2.84. The molecule has 0 unspecified atom stereocenters. The van der Waals surface area contributed by atoms with E-state index in [-0.39, 0.29) is 17.6 Å². The quantitative estimate of drug-likeness (QED) is 0.691. The summed E-state index contributed by atoms with van der Waals surface area (Å²) in [5, 5.41) is 0.524. The number of pyridine rings is 1. The summed E-state index contributed by atoms with van der Waals surface area (Å²) in [6.07, 6.45) is 1.60. The predicted octanol–water partition coefficient (Wildman–Crippen LogP) is 3.53. The Labute approximate surface area is 140 Å². The number of fused-ring (bicyclic) bond motifs is 1. The third-order valence-corrected chi connectivity index (χ3v) is 3.92. The van der Waals surface area contributed by atoms with Gasteiger partial charge in [0.15, 0.2) is 0 Å². The lowest BCUT2D eigenvalue weighted by atomic mass is 10.1. The van der Waals surface area contributed by atoms with Crippen LogP contribution in [0.2, 0.25) is 0 Å². The molecule has 1 heterocycles. The number of aromatic nitrogens is 1. The second-order valence-corrected chi connectivity index (χ2v) is 5.73. The highest BCUT2D eigenvalue weighted by atomic mass is 16.5. The minimum atomic E-state index is -0.578. The molecule has 0 aliphatic rings. The minimum absolute atomic E-state index is 0.0724. The summed E-state index contributed by atoms with van der Waals surface area (Å²) in [5.74, 6) is -0.578. The third kappa shape index (κ3) is 3.08. The third-order valence-electron chi connectivity index (χ3n) is 3.92. The summed E-state index contributed by atoms with van der Waals surface area (Å²) in [7, 11) is 0. The number of carbonyl (C=O) groups excluding carboxylic acids is 1. The summed E-state index contributed by atoms with van der Waals surface area (Å²) in [5.41, 5.74) is 2.87. The van der Waals surface area contributed by atoms with Gasteiger partial charge in [0.05, 0.1) is 12.1 Å². The van der Waals surface area contributed by atoms with E-state index in [2.05, 4.69) is 6.07 Å². The molecule has 0 saturated heterocycles. The van der Waals surface area contributed by atoms with Crippen molar-refractivity contribution in [3.63, 3.8) is 0 Å². The average Bonchev–Trinajstić information content (AvgIpc) is 2.58. The van der Waals surface area contributed by atoms with Crippen molar-refractivity contribution in [2.75, 3.05) is 6.61 Å². The van der Waals surface area contributed by atoms with Crippen LogP contribution < -0.4 is 5.43 Å². The maximum Gasteiger partial charge on any atom is 0.343 e. The zero-order valence-corrected chi connectivity index (χ0v) is 13.8. The van der Waals surface area contributed by atoms with Gasteiger partial charge in [-0.2, -0.15) is 0 Å². The van der Waals surface area contributed by atoms with E-state index in [1.54, 1.807) is 25.3 Å². The lowest BCUT2D eigenvalue weighted by Crippen LogP contribution is -2.21. The Morgan fingerprint density at radius 1 is 1.12 bits per heavy atom. The SMILES string of the molecule is CCOC(=O)c1cn(Cc2cccc(C)c2)c2ccccc2c1=O. The van der Waals surface area contributed by atoms with Crippen molar-refractivity contribution in [1.29, 1.82) is 0 Å². The standard InChI is InChI=1S/C20H19NO3/c1-3-24-20(23)17-13-21(12-15-8-6-7-14(2)11-15)18-10-5-4-9-16(18)19(17)22/h4-11,13H,3,12H2,1-2H3. The number of para-hydroxylation sites is 1. The lowest BCUT2D eigenvalue weighted by Gasteiger charge is -2.13. The van der Waals surface area contributed by atoms with Crippen molar-refractivity contribution in [1.82, 2.24) is 4.57 Å². The molecule has 0 atom stereocenters. The van der Waals surface area contributed by atoms with E-state index in [1.165, 1.54) is 5.56 Å². The Bertz CT molecular complexity index is 957. The molecule has 3 rings (SSSR count). The molecule has 1 aromatic heterocycles. The summed E-state index contributed by atoms with van der Waals surface area (Å²) >= 11 is 0. The smallest absolute Gasteiger partial charge is 0.343 e. The molecule has 0 fully saturated rings. The van der Waals surface area contributed by atoms with Crippen LogP contribution in [0.4, 0.5) is 0 Å². The molecule has 24 heavy (non-hydrogen) atoms. The van der Waals surface area contributed by atoms with Crippen LogP contribution in [0.1, 0.15) is 28.4 Å². The Kier molecular flexibility index (Phi) is 4.47. The Balaban J connectivity index is 2.17. The number of benzene rings is 2. The van der Waals surface area contributed by atoms with E-state index in [0.717, 1.165) is 11.1 Å². The fraction of sp³-hybridized carbons (Fsp3) is 0.200. The van der Waals surface area contributed by atoms with E-state index < -0.39 is 5.97 Å². The summed E-state index contributed by atoms with van der Waals surface area (Å²) < 4.78 is 6.96. The second-order valence-electron chi connectivity index (χ2n) is 5.73. The van der Waals surface area contributed by atoms with Gasteiger partial charge in [0, 0.05) is 18.1 Å². The van der Waals surface area contributed by atoms with Gasteiger partial charge < -0.3 is 9.30 Å². The molecule has 3 aromatic rings. The van der Waals surface area contributed by atoms with Gasteiger partial charge in [0.1, 0.15) is 5.56 Å². The van der Waals surface area contributed by atoms with Gasteiger partial charge in [-0.15, -0.1) is 0 Å². The minimum Gasteiger partial charge on any atom is -0.462 e. The first-order valence-electron chi connectivity index (χ1n) is 7.95. The maximum absolute atomic E-state index is 12.6. The molecular formula is C20H19NO3. The molecule has 4 heteroatoms. The molecule has 0 aliphatic heterocycles. The van der Waals surface area contributed by atoms with E-state index in [9.17, 15) is 9.59 Å². The molecule has 2 aromatic carbocycles. The van der Waals surface area contributed by atoms with E-state index in [4.69, 9.17) is 4.74 Å². The Hall–Kier alpha value is -2.88. The molecule has 0 bridgehead atoms. The number of nitrogens with zero attached hydrogens (tertiary/aromatic N) is 1. The summed E-state index contributed by atoms with van der Waals surface area (Å²) in [6, 6.07) is 15.5. The Morgan fingerprint density at radius 2 is 1.92 bits per heavy atom. The van der Waals surface area contributed by atoms with Crippen molar-refractivity contribution in [2.24, 2.45) is 0 Å². The van der Waals surface area contributed by atoms with Gasteiger partial charge in [-0.3, -0.25) is 4.79 Å². The Morgan fingerprint density at radius 3 is 2.67 bits per heavy atom. The van der Waals surface area contributed by atoms with Crippen LogP contribution in [0.25, 0.3) is 10.9 Å². The van der Waals surface area contributed by atoms with Crippen LogP contribution in [-0.2, 0) is 11.3 Å². The van der Waals surface area contributed by atoms with Crippen molar-refractivity contribution < 1.29 is 9.53 Å². The fourth-order valence-corrected chi connectivity index (χ4v) is 2.84. The normalized spacial score (nSPS) is 10.8. The summed E-state index contributed by atoms with van der Waals surface area (Å²) in [4.78, 5) is 24.7. The van der Waals surface area contributed by atoms with Crippen molar-refractivity contribution in [3.8, 4) is 0 Å². The van der Waals surface area contributed by atoms with Crippen molar-refractivity contribution >= 4 is 16.9 Å². The highest BCUT2D eigenvalue weighted by Crippen LogP contribution is 2.15. The molecule has 4 nitrogen and oxygen atoms in total. The van der Waals surface area contributed by atoms with E-state index in [0.29, 0.717) is 11.9 Å². The van der Waals surface area contributed by atoms with Crippen LogP contribution in [0.3, 0.4) is 0 Å². The van der Waals surface area contributed by atoms with Gasteiger partial charge in [0.25, 0.3) is 0 Å². The lowest BCUT2D eigenvalue weighted by molar-refractivity contribution is 0.0524. The molecular weight excluding hydrogens is 302 g/mol. The van der Waals surface area contributed by atoms with Crippen LogP contribution >= 0.6 is 0 Å². The number of hydrogen-bond acceptors (Lipinski definition) is 3. The van der Waals surface area contributed by atoms with Crippen molar-refractivity contribution in [2.45, 2.75) is 20.4 Å². The van der Waals surface area contributed by atoms with Crippen LogP contribution in [0.15, 0.2) is 59.5 Å². The molecule has 0 amide bonds. The van der Waals surface area contributed by atoms with Crippen LogP contribution in [-0.4, -0.2) is 17.1 Å². The highest BCUT2D eigenvalue weighted by molar-refractivity contribution is 5.93. The van der Waals surface area contributed by atoms with Gasteiger partial charge in [0.2, 0.25) is 5.43 Å². The molecule has 0 spiro atoms. The molecule has 0 N–H and O–H groups in total. The van der Waals surface area contributed by atoms with Crippen molar-refractivity contribution in [3.05, 3.63) is 81.6 Å². The summed E-state index contributed by atoms with van der Waals surface area (Å²) in [6.45, 7) is 4.58. The molecule has 122 valence electrons. The first-order valence-corrected chi connectivity index (χ1v) is 7.95. The monoisotopic (exact) mass is 321 g/mol. The molecule has 0 aliphatic carbocycles. The average molecular weight is 321 g/mol. The molecule has 0 radical (unpaired) electrons. The van der Waals surface area contributed by atoms with Gasteiger partial charge >= 0.3 is 5.97 Å². The van der Waals surface area contributed by atoms with Gasteiger partial charge in [-0.1, -0.05) is 42.0 Å². The van der Waals surface area contributed by atoms with E-state index >= 15 is 0 Å². The number of ether oxygens (including phenoxy) is 1. The first-order chi connectivity index (χ1) is 11.6. The zero-order valence-electron chi connectivity index (χ0n) is 13.8. The number of aryl methyl sites for hydroxylation is 1. The van der Waals surface area contributed by atoms with Crippen LogP contribution in [0.5, 0.6) is 0 Å². The first kappa shape index (κ1) is 16.0. The van der Waals surface area contributed by atoms with E-state index in [1.807, 2.05) is 41.8 Å². The van der Waals surface area contributed by atoms with Crippen LogP contribution in [0, 0.1) is 6.92 Å². The predicted molar refractivity (Wildman–Crippen MR) is 94.4 cm³/mol. The largest absolute Gasteiger partial charge is 0.462 e. The topological polar surface area (TPSA) is 48.3 Å². The zero-order chi connectivity index (χ0) is 17.1. The van der Waals surface area contributed by atoms with Gasteiger partial charge in [-0.05, 0) is 31.5 Å². The highest BCUT2D eigenvalue weighted by Gasteiger charge is 2.16. The number of esters is 1. The maximum atomic E-state index is 12.6.